The van der Waals surface area contributed by atoms with Crippen LogP contribution in [0, 0.1) is 0 Å². The first-order chi connectivity index (χ1) is 15.0. The molecule has 1 amide bonds. The van der Waals surface area contributed by atoms with E-state index in [9.17, 15) is 14.4 Å². The SMILES string of the molecule is CCn1nc(C(=O)O[C@H](C)C(=O)N[C@H]2CCCc3ccccc32)c2ccccc2c1=O. The van der Waals surface area contributed by atoms with Crippen molar-refractivity contribution in [3.05, 3.63) is 75.7 Å². The first-order valence-electron chi connectivity index (χ1n) is 10.6. The zero-order chi connectivity index (χ0) is 22.0. The number of benzene rings is 2. The van der Waals surface area contributed by atoms with Crippen molar-refractivity contribution in [2.75, 3.05) is 0 Å². The van der Waals surface area contributed by atoms with Gasteiger partial charge in [-0.2, -0.15) is 5.10 Å². The minimum absolute atomic E-state index is 0.0275. The second-order valence-electron chi connectivity index (χ2n) is 7.71. The summed E-state index contributed by atoms with van der Waals surface area (Å²) >= 11 is 0. The molecule has 2 aromatic carbocycles. The van der Waals surface area contributed by atoms with Crippen LogP contribution in [0.5, 0.6) is 0 Å². The highest BCUT2D eigenvalue weighted by Crippen LogP contribution is 2.29. The molecule has 0 fully saturated rings. The maximum Gasteiger partial charge on any atom is 0.360 e. The number of hydrogen-bond acceptors (Lipinski definition) is 5. The molecule has 1 aliphatic carbocycles. The monoisotopic (exact) mass is 419 g/mol. The summed E-state index contributed by atoms with van der Waals surface area (Å²) in [5, 5.41) is 7.99. The molecule has 0 saturated heterocycles. The Labute approximate surface area is 180 Å². The Bertz CT molecular complexity index is 1200. The van der Waals surface area contributed by atoms with Crippen LogP contribution < -0.4 is 10.9 Å². The van der Waals surface area contributed by atoms with Crippen LogP contribution in [-0.4, -0.2) is 27.8 Å². The molecule has 0 saturated carbocycles. The van der Waals surface area contributed by atoms with Crippen LogP contribution in [0.25, 0.3) is 10.8 Å². The number of amides is 1. The van der Waals surface area contributed by atoms with Crippen molar-refractivity contribution in [1.29, 1.82) is 0 Å². The fourth-order valence-corrected chi connectivity index (χ4v) is 4.06. The van der Waals surface area contributed by atoms with Crippen LogP contribution >= 0.6 is 0 Å². The molecule has 0 bridgehead atoms. The van der Waals surface area contributed by atoms with Crippen molar-refractivity contribution in [3.8, 4) is 0 Å². The van der Waals surface area contributed by atoms with Gasteiger partial charge in [0.15, 0.2) is 11.8 Å². The summed E-state index contributed by atoms with van der Waals surface area (Å²) in [6.45, 7) is 3.64. The number of nitrogens with zero attached hydrogens (tertiary/aromatic N) is 2. The van der Waals surface area contributed by atoms with E-state index in [1.165, 1.54) is 10.2 Å². The lowest BCUT2D eigenvalue weighted by Gasteiger charge is -2.27. The van der Waals surface area contributed by atoms with E-state index in [1.807, 2.05) is 18.2 Å². The predicted molar refractivity (Wildman–Crippen MR) is 117 cm³/mol. The fourth-order valence-electron chi connectivity index (χ4n) is 4.06. The first-order valence-corrected chi connectivity index (χ1v) is 10.6. The Hall–Kier alpha value is -3.48. The molecule has 4 rings (SSSR count). The summed E-state index contributed by atoms with van der Waals surface area (Å²) < 4.78 is 6.67. The summed E-state index contributed by atoms with van der Waals surface area (Å²) in [6.07, 6.45) is 1.84. The number of aryl methyl sites for hydroxylation is 2. The molecule has 160 valence electrons. The van der Waals surface area contributed by atoms with Crippen molar-refractivity contribution >= 4 is 22.6 Å². The lowest BCUT2D eigenvalue weighted by molar-refractivity contribution is -0.130. The van der Waals surface area contributed by atoms with Gasteiger partial charge in [0.2, 0.25) is 0 Å². The topological polar surface area (TPSA) is 90.3 Å². The molecule has 2 atom stereocenters. The highest BCUT2D eigenvalue weighted by molar-refractivity contribution is 6.02. The summed E-state index contributed by atoms with van der Waals surface area (Å²) in [7, 11) is 0. The molecule has 1 aromatic heterocycles. The van der Waals surface area contributed by atoms with Crippen LogP contribution in [0.15, 0.2) is 53.3 Å². The third-order valence-corrected chi connectivity index (χ3v) is 5.70. The number of ether oxygens (including phenoxy) is 1. The van der Waals surface area contributed by atoms with E-state index in [0.717, 1.165) is 24.8 Å². The van der Waals surface area contributed by atoms with Gasteiger partial charge in [-0.1, -0.05) is 42.5 Å². The number of nitrogens with one attached hydrogen (secondary N) is 1. The van der Waals surface area contributed by atoms with Gasteiger partial charge in [0, 0.05) is 11.9 Å². The summed E-state index contributed by atoms with van der Waals surface area (Å²) in [5.74, 6) is -1.09. The maximum atomic E-state index is 12.9. The van der Waals surface area contributed by atoms with Gasteiger partial charge < -0.3 is 10.1 Å². The van der Waals surface area contributed by atoms with Gasteiger partial charge in [0.25, 0.3) is 11.5 Å². The number of rotatable bonds is 5. The molecule has 0 spiro atoms. The van der Waals surface area contributed by atoms with E-state index < -0.39 is 12.1 Å². The van der Waals surface area contributed by atoms with Crippen LogP contribution in [0.1, 0.15) is 54.3 Å². The van der Waals surface area contributed by atoms with Crippen molar-refractivity contribution < 1.29 is 14.3 Å². The molecule has 0 unspecified atom stereocenters. The molecule has 3 aromatic rings. The Morgan fingerprint density at radius 3 is 2.65 bits per heavy atom. The second-order valence-corrected chi connectivity index (χ2v) is 7.71. The van der Waals surface area contributed by atoms with Crippen molar-refractivity contribution in [3.63, 3.8) is 0 Å². The van der Waals surface area contributed by atoms with Crippen LogP contribution in [-0.2, 0) is 22.5 Å². The molecule has 7 heteroatoms. The van der Waals surface area contributed by atoms with Crippen molar-refractivity contribution in [2.45, 2.75) is 51.8 Å². The zero-order valence-corrected chi connectivity index (χ0v) is 17.6. The highest BCUT2D eigenvalue weighted by atomic mass is 16.5. The highest BCUT2D eigenvalue weighted by Gasteiger charge is 2.27. The number of carbonyl (C=O) groups is 2. The Kier molecular flexibility index (Phi) is 5.84. The normalized spacial score (nSPS) is 16.4. The molecule has 7 nitrogen and oxygen atoms in total. The zero-order valence-electron chi connectivity index (χ0n) is 17.6. The molecule has 0 radical (unpaired) electrons. The van der Waals surface area contributed by atoms with E-state index in [1.54, 1.807) is 38.1 Å². The lowest BCUT2D eigenvalue weighted by Crippen LogP contribution is -2.39. The maximum absolute atomic E-state index is 12.9. The van der Waals surface area contributed by atoms with Gasteiger partial charge in [0.05, 0.1) is 11.4 Å². The number of esters is 1. The van der Waals surface area contributed by atoms with Crippen LogP contribution in [0.2, 0.25) is 0 Å². The number of aromatic nitrogens is 2. The van der Waals surface area contributed by atoms with Gasteiger partial charge in [-0.25, -0.2) is 9.48 Å². The Balaban J connectivity index is 1.52. The summed E-state index contributed by atoms with van der Waals surface area (Å²) in [6, 6.07) is 14.7. The summed E-state index contributed by atoms with van der Waals surface area (Å²) in [4.78, 5) is 38.1. The van der Waals surface area contributed by atoms with E-state index in [0.29, 0.717) is 17.3 Å². The van der Waals surface area contributed by atoms with Crippen molar-refractivity contribution in [2.24, 2.45) is 0 Å². The average Bonchev–Trinajstić information content (AvgIpc) is 2.79. The summed E-state index contributed by atoms with van der Waals surface area (Å²) in [5.41, 5.74) is 2.11. The molecule has 1 N–H and O–H groups in total. The molecule has 31 heavy (non-hydrogen) atoms. The minimum Gasteiger partial charge on any atom is -0.448 e. The average molecular weight is 419 g/mol. The molecular weight excluding hydrogens is 394 g/mol. The number of hydrogen-bond donors (Lipinski definition) is 1. The van der Waals surface area contributed by atoms with Gasteiger partial charge in [0.1, 0.15) is 0 Å². The van der Waals surface area contributed by atoms with Crippen molar-refractivity contribution in [1.82, 2.24) is 15.1 Å². The predicted octanol–water partition coefficient (Wildman–Crippen LogP) is 3.16. The van der Waals surface area contributed by atoms with Gasteiger partial charge in [-0.3, -0.25) is 9.59 Å². The van der Waals surface area contributed by atoms with Crippen LogP contribution in [0.4, 0.5) is 0 Å². The minimum atomic E-state index is -0.996. The Morgan fingerprint density at radius 1 is 1.16 bits per heavy atom. The largest absolute Gasteiger partial charge is 0.448 e. The second kappa shape index (κ2) is 8.71. The van der Waals surface area contributed by atoms with E-state index in [-0.39, 0.29) is 23.2 Å². The van der Waals surface area contributed by atoms with Gasteiger partial charge in [-0.05, 0) is 50.3 Å². The van der Waals surface area contributed by atoms with E-state index in [2.05, 4.69) is 16.5 Å². The van der Waals surface area contributed by atoms with Gasteiger partial charge in [-0.15, -0.1) is 0 Å². The lowest BCUT2D eigenvalue weighted by atomic mass is 9.87. The Morgan fingerprint density at radius 2 is 1.87 bits per heavy atom. The third-order valence-electron chi connectivity index (χ3n) is 5.70. The fraction of sp³-hybridized carbons (Fsp3) is 0.333. The molecule has 0 aliphatic heterocycles. The van der Waals surface area contributed by atoms with E-state index >= 15 is 0 Å². The first kappa shape index (κ1) is 20.8. The number of fused-ring (bicyclic) bond motifs is 2. The molecular formula is C24H25N3O4. The third kappa shape index (κ3) is 4.08. The van der Waals surface area contributed by atoms with Gasteiger partial charge >= 0.3 is 5.97 Å². The smallest absolute Gasteiger partial charge is 0.360 e. The quantitative estimate of drug-likeness (QED) is 0.642. The van der Waals surface area contributed by atoms with E-state index in [4.69, 9.17) is 4.74 Å². The van der Waals surface area contributed by atoms with Crippen LogP contribution in [0.3, 0.4) is 0 Å². The number of carbonyl (C=O) groups excluding carboxylic acids is 2. The molecule has 1 aliphatic rings. The standard InChI is InChI=1S/C24H25N3O4/c1-3-27-23(29)19-13-7-6-12-18(19)21(26-27)24(30)31-15(2)22(28)25-20-14-8-10-16-9-4-5-11-17(16)20/h4-7,9,11-13,15,20H,3,8,10,14H2,1-2H3,(H,25,28)/t15-,20+/m1/s1. The molecule has 1 heterocycles.